The second-order valence-electron chi connectivity index (χ2n) is 7.31. The zero-order chi connectivity index (χ0) is 22.3. The number of nitrogens with one attached hydrogen (secondary N) is 1. The third-order valence-electron chi connectivity index (χ3n) is 4.79. The minimum absolute atomic E-state index is 0.314. The summed E-state index contributed by atoms with van der Waals surface area (Å²) in [7, 11) is -1.65. The number of β-lactam (4-membered cyclic amide) rings is 1. The lowest BCUT2D eigenvalue weighted by atomic mass is 9.96. The van der Waals surface area contributed by atoms with E-state index in [0.29, 0.717) is 5.75 Å². The fourth-order valence-electron chi connectivity index (χ4n) is 3.39. The van der Waals surface area contributed by atoms with Gasteiger partial charge < -0.3 is 19.7 Å². The highest BCUT2D eigenvalue weighted by Crippen LogP contribution is 2.44. The van der Waals surface area contributed by atoms with Crippen LogP contribution in [0, 0.1) is 0 Å². The van der Waals surface area contributed by atoms with E-state index in [2.05, 4.69) is 5.32 Å². The number of hydrogen-bond acceptors (Lipinski definition) is 6. The Labute approximate surface area is 190 Å². The summed E-state index contributed by atoms with van der Waals surface area (Å²) in [5.74, 6) is -1.42. The van der Waals surface area contributed by atoms with Crippen molar-refractivity contribution < 1.29 is 28.1 Å². The van der Waals surface area contributed by atoms with Crippen molar-refractivity contribution in [2.75, 3.05) is 13.2 Å². The lowest BCUT2D eigenvalue weighted by Gasteiger charge is -2.43. The highest BCUT2D eigenvalue weighted by atomic mass is 35.6. The summed E-state index contributed by atoms with van der Waals surface area (Å²) in [6.07, 6.45) is 0. The smallest absolute Gasteiger partial charge is 0.330 e. The van der Waals surface area contributed by atoms with Crippen LogP contribution in [-0.4, -0.2) is 66.1 Å². The van der Waals surface area contributed by atoms with Crippen molar-refractivity contribution in [3.05, 3.63) is 30.3 Å². The molecule has 0 aliphatic carbocycles. The van der Waals surface area contributed by atoms with Gasteiger partial charge in [0, 0.05) is 0 Å². The molecule has 8 nitrogen and oxygen atoms in total. The van der Waals surface area contributed by atoms with E-state index < -0.39 is 61.2 Å². The van der Waals surface area contributed by atoms with Gasteiger partial charge in [-0.2, -0.15) is 0 Å². The number of benzene rings is 1. The Hall–Kier alpha value is -1.55. The van der Waals surface area contributed by atoms with Crippen LogP contribution >= 0.6 is 34.8 Å². The fraction of sp³-hybridized carbons (Fsp3) is 0.500. The molecule has 12 heteroatoms. The van der Waals surface area contributed by atoms with E-state index >= 15 is 0 Å². The Bertz CT molecular complexity index is 876. The van der Waals surface area contributed by atoms with Gasteiger partial charge in [-0.3, -0.25) is 13.8 Å². The van der Waals surface area contributed by atoms with Crippen molar-refractivity contribution in [2.24, 2.45) is 0 Å². The molecule has 0 bridgehead atoms. The zero-order valence-electron chi connectivity index (χ0n) is 16.0. The molecule has 0 saturated carbocycles. The van der Waals surface area contributed by atoms with Crippen molar-refractivity contribution in [2.45, 2.75) is 39.8 Å². The molecular weight excluding hydrogens is 479 g/mol. The second-order valence-corrected chi connectivity index (χ2v) is 12.0. The van der Waals surface area contributed by atoms with Gasteiger partial charge in [-0.25, -0.2) is 4.79 Å². The standard InChI is InChI=1S/C18H19Cl3N2O6S/c1-17(2)13(16(26)29-9-18(19,20)21)23-14(25)12(15(23)30(17)27)22-11(24)8-28-10-6-4-3-5-7-10/h3-7,12-13,15H,8-9H2,1-2H3,(H,22,24)/t12?,13-,15+,30?/m0/s1. The van der Waals surface area contributed by atoms with Crippen LogP contribution < -0.4 is 10.1 Å². The number of carbonyl (C=O) groups excluding carboxylic acids is 3. The van der Waals surface area contributed by atoms with Crippen LogP contribution in [0.3, 0.4) is 0 Å². The molecule has 2 unspecified atom stereocenters. The van der Waals surface area contributed by atoms with Gasteiger partial charge in [0.15, 0.2) is 6.61 Å². The lowest BCUT2D eigenvalue weighted by Crippen LogP contribution is -2.72. The van der Waals surface area contributed by atoms with Gasteiger partial charge in [0.05, 0.1) is 15.5 Å². The normalized spacial score (nSPS) is 27.1. The maximum Gasteiger partial charge on any atom is 0.330 e. The fourth-order valence-corrected chi connectivity index (χ4v) is 5.47. The van der Waals surface area contributed by atoms with Crippen molar-refractivity contribution in [1.29, 1.82) is 0 Å². The summed E-state index contributed by atoms with van der Waals surface area (Å²) >= 11 is 16.8. The van der Waals surface area contributed by atoms with Gasteiger partial charge in [-0.05, 0) is 26.0 Å². The van der Waals surface area contributed by atoms with Gasteiger partial charge >= 0.3 is 5.97 Å². The molecule has 2 heterocycles. The quantitative estimate of drug-likeness (QED) is 0.363. The molecule has 0 radical (unpaired) electrons. The number of hydrogen-bond donors (Lipinski definition) is 1. The van der Waals surface area contributed by atoms with Crippen LogP contribution in [0.25, 0.3) is 0 Å². The van der Waals surface area contributed by atoms with Crippen LogP contribution in [0.1, 0.15) is 13.8 Å². The first-order valence-corrected chi connectivity index (χ1v) is 11.2. The molecule has 164 valence electrons. The number of ether oxygens (including phenoxy) is 2. The monoisotopic (exact) mass is 496 g/mol. The number of esters is 1. The van der Waals surface area contributed by atoms with E-state index in [1.165, 1.54) is 4.90 Å². The number of para-hydroxylation sites is 1. The number of alkyl halides is 3. The van der Waals surface area contributed by atoms with Crippen molar-refractivity contribution in [3.8, 4) is 5.75 Å². The first-order valence-electron chi connectivity index (χ1n) is 8.87. The lowest BCUT2D eigenvalue weighted by molar-refractivity contribution is -0.164. The van der Waals surface area contributed by atoms with Crippen molar-refractivity contribution >= 4 is 63.4 Å². The minimum Gasteiger partial charge on any atom is -0.484 e. The molecule has 1 aromatic rings. The van der Waals surface area contributed by atoms with E-state index in [-0.39, 0.29) is 6.61 Å². The van der Waals surface area contributed by atoms with Crippen LogP contribution in [-0.2, 0) is 29.9 Å². The Kier molecular flexibility index (Phi) is 6.57. The highest BCUT2D eigenvalue weighted by Gasteiger charge is 2.68. The third-order valence-corrected chi connectivity index (χ3v) is 7.31. The molecule has 3 rings (SSSR count). The van der Waals surface area contributed by atoms with Gasteiger partial charge in [-0.15, -0.1) is 0 Å². The van der Waals surface area contributed by atoms with Crippen molar-refractivity contribution in [3.63, 3.8) is 0 Å². The summed E-state index contributed by atoms with van der Waals surface area (Å²) in [5.41, 5.74) is 0. The molecule has 2 fully saturated rings. The number of carbonyl (C=O) groups is 3. The first kappa shape index (κ1) is 23.1. The number of halogens is 3. The minimum atomic E-state index is -1.81. The van der Waals surface area contributed by atoms with E-state index in [9.17, 15) is 18.6 Å². The molecule has 2 saturated heterocycles. The predicted molar refractivity (Wildman–Crippen MR) is 112 cm³/mol. The maximum atomic E-state index is 13.0. The molecule has 2 aliphatic rings. The molecule has 30 heavy (non-hydrogen) atoms. The predicted octanol–water partition coefficient (Wildman–Crippen LogP) is 1.54. The Morgan fingerprint density at radius 1 is 1.23 bits per heavy atom. The highest BCUT2D eigenvalue weighted by molar-refractivity contribution is 7.87. The number of fused-ring (bicyclic) bond motifs is 1. The molecule has 1 aromatic carbocycles. The third kappa shape index (κ3) is 4.54. The van der Waals surface area contributed by atoms with E-state index in [4.69, 9.17) is 44.3 Å². The zero-order valence-corrected chi connectivity index (χ0v) is 19.1. The topological polar surface area (TPSA) is 102 Å². The Morgan fingerprint density at radius 2 is 1.87 bits per heavy atom. The number of rotatable bonds is 6. The van der Waals surface area contributed by atoms with Gasteiger partial charge in [0.1, 0.15) is 29.8 Å². The molecule has 1 N–H and O–H groups in total. The second kappa shape index (κ2) is 8.53. The largest absolute Gasteiger partial charge is 0.484 e. The van der Waals surface area contributed by atoms with E-state index in [1.807, 2.05) is 0 Å². The molecule has 0 spiro atoms. The number of amides is 2. The number of nitrogens with zero attached hydrogens (tertiary/aromatic N) is 1. The van der Waals surface area contributed by atoms with E-state index in [0.717, 1.165) is 0 Å². The van der Waals surface area contributed by atoms with Gasteiger partial charge in [-0.1, -0.05) is 53.0 Å². The molecular formula is C18H19Cl3N2O6S. The summed E-state index contributed by atoms with van der Waals surface area (Å²) in [5, 5.41) is 1.67. The molecule has 4 atom stereocenters. The summed E-state index contributed by atoms with van der Waals surface area (Å²) in [6.45, 7) is 2.32. The van der Waals surface area contributed by atoms with Crippen LogP contribution in [0.15, 0.2) is 30.3 Å². The van der Waals surface area contributed by atoms with E-state index in [1.54, 1.807) is 44.2 Å². The van der Waals surface area contributed by atoms with Gasteiger partial charge in [0.25, 0.3) is 5.91 Å². The van der Waals surface area contributed by atoms with Crippen LogP contribution in [0.4, 0.5) is 0 Å². The Morgan fingerprint density at radius 3 is 2.47 bits per heavy atom. The Balaban J connectivity index is 1.65. The average Bonchev–Trinajstić information content (AvgIpc) is 2.87. The molecule has 2 aliphatic heterocycles. The SMILES string of the molecule is CC1(C)[C@H](C(=O)OCC(Cl)(Cl)Cl)N2C(=O)C(NC(=O)COc3ccccc3)[C@H]2S1=O. The first-order chi connectivity index (χ1) is 13.9. The maximum absolute atomic E-state index is 13.0. The summed E-state index contributed by atoms with van der Waals surface area (Å²) < 4.78 is 20.4. The van der Waals surface area contributed by atoms with Gasteiger partial charge in [0.2, 0.25) is 9.70 Å². The van der Waals surface area contributed by atoms with Crippen LogP contribution in [0.2, 0.25) is 0 Å². The molecule has 0 aromatic heterocycles. The van der Waals surface area contributed by atoms with Crippen molar-refractivity contribution in [1.82, 2.24) is 10.2 Å². The average molecular weight is 498 g/mol. The summed E-state index contributed by atoms with van der Waals surface area (Å²) in [4.78, 5) is 38.6. The summed E-state index contributed by atoms with van der Waals surface area (Å²) in [6, 6.07) is 6.54. The van der Waals surface area contributed by atoms with Crippen LogP contribution in [0.5, 0.6) is 5.75 Å². The molecule has 2 amide bonds.